The SMILES string of the molecule is Cc1cc(Cl)c(C(C)(C)C)cc1C. The molecule has 0 atom stereocenters. The van der Waals surface area contributed by atoms with E-state index in [1.165, 1.54) is 16.7 Å². The summed E-state index contributed by atoms with van der Waals surface area (Å²) in [6.45, 7) is 10.8. The summed E-state index contributed by atoms with van der Waals surface area (Å²) >= 11 is 6.19. The zero-order valence-electron chi connectivity index (χ0n) is 9.03. The van der Waals surface area contributed by atoms with E-state index in [9.17, 15) is 0 Å². The van der Waals surface area contributed by atoms with E-state index >= 15 is 0 Å². The van der Waals surface area contributed by atoms with Crippen LogP contribution in [0.15, 0.2) is 12.1 Å². The quantitative estimate of drug-likeness (QED) is 0.582. The van der Waals surface area contributed by atoms with Crippen LogP contribution in [-0.4, -0.2) is 0 Å². The van der Waals surface area contributed by atoms with Gasteiger partial charge in [0.2, 0.25) is 0 Å². The van der Waals surface area contributed by atoms with Crippen LogP contribution >= 0.6 is 11.6 Å². The van der Waals surface area contributed by atoms with Crippen LogP contribution in [-0.2, 0) is 5.41 Å². The Hall–Kier alpha value is -0.490. The number of hydrogen-bond donors (Lipinski definition) is 0. The van der Waals surface area contributed by atoms with Crippen LogP contribution in [0.5, 0.6) is 0 Å². The third-order valence-corrected chi connectivity index (χ3v) is 2.70. The molecule has 0 aliphatic carbocycles. The molecule has 1 rings (SSSR count). The first kappa shape index (κ1) is 10.6. The Balaban J connectivity index is 3.32. The van der Waals surface area contributed by atoms with Crippen LogP contribution in [0.4, 0.5) is 0 Å². The molecule has 0 saturated carbocycles. The maximum absolute atomic E-state index is 6.19. The van der Waals surface area contributed by atoms with E-state index in [0.29, 0.717) is 0 Å². The molecule has 0 N–H and O–H groups in total. The summed E-state index contributed by atoms with van der Waals surface area (Å²) < 4.78 is 0. The minimum atomic E-state index is 0.134. The molecule has 0 radical (unpaired) electrons. The Morgan fingerprint density at radius 2 is 1.46 bits per heavy atom. The predicted molar refractivity (Wildman–Crippen MR) is 59.6 cm³/mol. The standard InChI is InChI=1S/C12H17Cl/c1-8-6-10(12(3,4)5)11(13)7-9(8)2/h6-7H,1-5H3. The van der Waals surface area contributed by atoms with Crippen molar-refractivity contribution >= 4 is 11.6 Å². The van der Waals surface area contributed by atoms with Gasteiger partial charge < -0.3 is 0 Å². The van der Waals surface area contributed by atoms with Gasteiger partial charge in [-0.2, -0.15) is 0 Å². The first-order valence-electron chi connectivity index (χ1n) is 4.59. The van der Waals surface area contributed by atoms with Crippen molar-refractivity contribution in [1.29, 1.82) is 0 Å². The number of aryl methyl sites for hydroxylation is 2. The van der Waals surface area contributed by atoms with Gasteiger partial charge in [-0.25, -0.2) is 0 Å². The minimum absolute atomic E-state index is 0.134. The van der Waals surface area contributed by atoms with E-state index in [-0.39, 0.29) is 5.41 Å². The first-order chi connectivity index (χ1) is 5.82. The molecule has 0 nitrogen and oxygen atoms in total. The van der Waals surface area contributed by atoms with E-state index in [1.807, 2.05) is 0 Å². The monoisotopic (exact) mass is 196 g/mol. The van der Waals surface area contributed by atoms with Crippen molar-refractivity contribution in [2.75, 3.05) is 0 Å². The molecule has 0 aliphatic heterocycles. The van der Waals surface area contributed by atoms with Crippen LogP contribution in [0.3, 0.4) is 0 Å². The van der Waals surface area contributed by atoms with Crippen molar-refractivity contribution in [3.63, 3.8) is 0 Å². The van der Waals surface area contributed by atoms with Gasteiger partial charge in [0.05, 0.1) is 0 Å². The summed E-state index contributed by atoms with van der Waals surface area (Å²) in [4.78, 5) is 0. The summed E-state index contributed by atoms with van der Waals surface area (Å²) in [7, 11) is 0. The molecule has 1 aromatic rings. The fraction of sp³-hybridized carbons (Fsp3) is 0.500. The smallest absolute Gasteiger partial charge is 0.0446 e. The van der Waals surface area contributed by atoms with Gasteiger partial charge in [-0.15, -0.1) is 0 Å². The van der Waals surface area contributed by atoms with Crippen LogP contribution < -0.4 is 0 Å². The highest BCUT2D eigenvalue weighted by Crippen LogP contribution is 2.31. The fourth-order valence-corrected chi connectivity index (χ4v) is 1.86. The summed E-state index contributed by atoms with van der Waals surface area (Å²) in [6.07, 6.45) is 0. The molecule has 0 heterocycles. The lowest BCUT2D eigenvalue weighted by Gasteiger charge is -2.21. The second kappa shape index (κ2) is 3.34. The lowest BCUT2D eigenvalue weighted by molar-refractivity contribution is 0.590. The average Bonchev–Trinajstić information content (AvgIpc) is 1.94. The maximum Gasteiger partial charge on any atom is 0.0446 e. The molecule has 1 aromatic carbocycles. The van der Waals surface area contributed by atoms with E-state index in [2.05, 4.69) is 46.8 Å². The van der Waals surface area contributed by atoms with Gasteiger partial charge in [0.25, 0.3) is 0 Å². The Morgan fingerprint density at radius 1 is 1.00 bits per heavy atom. The predicted octanol–water partition coefficient (Wildman–Crippen LogP) is 4.25. The van der Waals surface area contributed by atoms with Gasteiger partial charge in [-0.1, -0.05) is 38.4 Å². The van der Waals surface area contributed by atoms with Gasteiger partial charge in [0, 0.05) is 5.02 Å². The third-order valence-electron chi connectivity index (χ3n) is 2.39. The Morgan fingerprint density at radius 3 is 1.92 bits per heavy atom. The molecule has 0 aliphatic rings. The van der Waals surface area contributed by atoms with E-state index in [1.54, 1.807) is 0 Å². The molecule has 0 fully saturated rings. The van der Waals surface area contributed by atoms with Crippen molar-refractivity contribution in [2.45, 2.75) is 40.0 Å². The van der Waals surface area contributed by atoms with E-state index in [4.69, 9.17) is 11.6 Å². The van der Waals surface area contributed by atoms with Gasteiger partial charge in [0.1, 0.15) is 0 Å². The molecule has 0 saturated heterocycles. The van der Waals surface area contributed by atoms with Gasteiger partial charge in [-0.05, 0) is 42.0 Å². The number of halogens is 1. The van der Waals surface area contributed by atoms with Crippen LogP contribution in [0.2, 0.25) is 5.02 Å². The molecule has 0 aromatic heterocycles. The summed E-state index contributed by atoms with van der Waals surface area (Å²) in [6, 6.07) is 4.25. The second-order valence-corrected chi connectivity index (χ2v) is 5.07. The molecule has 72 valence electrons. The number of benzene rings is 1. The molecule has 0 amide bonds. The zero-order chi connectivity index (χ0) is 10.2. The Kier molecular flexibility index (Phi) is 2.72. The summed E-state index contributed by atoms with van der Waals surface area (Å²) in [5.74, 6) is 0. The molecule has 1 heteroatoms. The van der Waals surface area contributed by atoms with Gasteiger partial charge >= 0.3 is 0 Å². The topological polar surface area (TPSA) is 0 Å². The normalized spacial score (nSPS) is 11.8. The van der Waals surface area contributed by atoms with Crippen molar-refractivity contribution < 1.29 is 0 Å². The second-order valence-electron chi connectivity index (χ2n) is 4.67. The third kappa shape index (κ3) is 2.25. The lowest BCUT2D eigenvalue weighted by atomic mass is 9.85. The number of rotatable bonds is 0. The van der Waals surface area contributed by atoms with Gasteiger partial charge in [-0.3, -0.25) is 0 Å². The first-order valence-corrected chi connectivity index (χ1v) is 4.97. The molecule has 0 unspecified atom stereocenters. The maximum atomic E-state index is 6.19. The highest BCUT2D eigenvalue weighted by molar-refractivity contribution is 6.31. The van der Waals surface area contributed by atoms with Gasteiger partial charge in [0.15, 0.2) is 0 Å². The molecule has 13 heavy (non-hydrogen) atoms. The Bertz CT molecular complexity index is 319. The Labute approximate surface area is 85.9 Å². The highest BCUT2D eigenvalue weighted by atomic mass is 35.5. The van der Waals surface area contributed by atoms with Crippen molar-refractivity contribution in [2.24, 2.45) is 0 Å². The number of hydrogen-bond acceptors (Lipinski definition) is 0. The summed E-state index contributed by atoms with van der Waals surface area (Å²) in [5.41, 5.74) is 3.94. The van der Waals surface area contributed by atoms with E-state index in [0.717, 1.165) is 5.02 Å². The lowest BCUT2D eigenvalue weighted by Crippen LogP contribution is -2.12. The molecule has 0 bridgehead atoms. The average molecular weight is 197 g/mol. The van der Waals surface area contributed by atoms with Crippen LogP contribution in [0.25, 0.3) is 0 Å². The van der Waals surface area contributed by atoms with Crippen molar-refractivity contribution in [3.05, 3.63) is 33.8 Å². The minimum Gasteiger partial charge on any atom is -0.0840 e. The summed E-state index contributed by atoms with van der Waals surface area (Å²) in [5, 5.41) is 0.885. The largest absolute Gasteiger partial charge is 0.0840 e. The van der Waals surface area contributed by atoms with Crippen molar-refractivity contribution in [3.8, 4) is 0 Å². The van der Waals surface area contributed by atoms with E-state index < -0.39 is 0 Å². The zero-order valence-corrected chi connectivity index (χ0v) is 9.79. The fourth-order valence-electron chi connectivity index (χ4n) is 1.36. The van der Waals surface area contributed by atoms with Crippen LogP contribution in [0, 0.1) is 13.8 Å². The molecule has 0 spiro atoms. The molecular weight excluding hydrogens is 180 g/mol. The highest BCUT2D eigenvalue weighted by Gasteiger charge is 2.17. The molecular formula is C12H17Cl. The van der Waals surface area contributed by atoms with Crippen LogP contribution in [0.1, 0.15) is 37.5 Å². The van der Waals surface area contributed by atoms with Crippen molar-refractivity contribution in [1.82, 2.24) is 0 Å².